The Hall–Kier alpha value is -0.260. The minimum atomic E-state index is -0.351. The highest BCUT2D eigenvalue weighted by atomic mass is 32.2. The maximum atomic E-state index is 11.7. The fraction of sp³-hybridized carbons (Fsp3) is 0.917. The molecule has 1 aliphatic rings. The first-order valence-corrected chi connectivity index (χ1v) is 7.77. The maximum Gasteiger partial charge on any atom is 0.237 e. The fourth-order valence-corrected chi connectivity index (χ4v) is 2.62. The van der Waals surface area contributed by atoms with Gasteiger partial charge in [0.2, 0.25) is 5.91 Å². The summed E-state index contributed by atoms with van der Waals surface area (Å²) in [5.41, 5.74) is 5.81. The van der Waals surface area contributed by atoms with Crippen molar-refractivity contribution >= 4 is 17.7 Å². The van der Waals surface area contributed by atoms with Crippen LogP contribution in [0.4, 0.5) is 0 Å². The molecular weight excluding hydrogens is 234 g/mol. The Labute approximate surface area is 109 Å². The average molecular weight is 259 g/mol. The molecule has 5 heteroatoms. The number of carbonyl (C=O) groups is 1. The molecule has 1 rings (SSSR count). The predicted octanol–water partition coefficient (Wildman–Crippen LogP) is 0.667. The number of nitrogens with two attached hydrogens (primary N) is 1. The highest BCUT2D eigenvalue weighted by Crippen LogP contribution is 2.13. The van der Waals surface area contributed by atoms with Gasteiger partial charge in [0.1, 0.15) is 0 Å². The number of hydrogen-bond donors (Lipinski definition) is 2. The zero-order chi connectivity index (χ0) is 12.7. The number of thioether (sulfide) groups is 1. The number of carbonyl (C=O) groups excluding carboxylic acids is 1. The summed E-state index contributed by atoms with van der Waals surface area (Å²) < 4.78 is 0. The minimum Gasteiger partial charge on any atom is -0.353 e. The van der Waals surface area contributed by atoms with E-state index in [1.165, 1.54) is 19.3 Å². The van der Waals surface area contributed by atoms with E-state index in [9.17, 15) is 4.79 Å². The van der Waals surface area contributed by atoms with E-state index in [1.54, 1.807) is 11.8 Å². The van der Waals surface area contributed by atoms with Gasteiger partial charge in [-0.25, -0.2) is 0 Å². The standard InChI is InChI=1S/C12H25N3OS/c1-15-7-4-3-5-10(15)9-14-12(16)11(13)6-8-17-2/h10-11H,3-9,13H2,1-2H3,(H,14,16)/t10?,11-/m0/s1. The zero-order valence-corrected chi connectivity index (χ0v) is 11.8. The van der Waals surface area contributed by atoms with Gasteiger partial charge in [0.15, 0.2) is 0 Å². The van der Waals surface area contributed by atoms with Crippen LogP contribution in [0.25, 0.3) is 0 Å². The van der Waals surface area contributed by atoms with Crippen LogP contribution in [0.2, 0.25) is 0 Å². The summed E-state index contributed by atoms with van der Waals surface area (Å²) in [5, 5.41) is 2.98. The number of likely N-dealkylation sites (N-methyl/N-ethyl adjacent to an activating group) is 1. The molecule has 1 heterocycles. The highest BCUT2D eigenvalue weighted by Gasteiger charge is 2.20. The van der Waals surface area contributed by atoms with Gasteiger partial charge in [0, 0.05) is 12.6 Å². The summed E-state index contributed by atoms with van der Waals surface area (Å²) in [5.74, 6) is 0.941. The van der Waals surface area contributed by atoms with Crippen molar-refractivity contribution in [2.45, 2.75) is 37.8 Å². The molecule has 0 spiro atoms. The number of hydrogen-bond acceptors (Lipinski definition) is 4. The van der Waals surface area contributed by atoms with Crippen LogP contribution in [0.15, 0.2) is 0 Å². The monoisotopic (exact) mass is 259 g/mol. The lowest BCUT2D eigenvalue weighted by Crippen LogP contribution is -2.48. The number of likely N-dealkylation sites (tertiary alicyclic amines) is 1. The Kier molecular flexibility index (Phi) is 6.92. The lowest BCUT2D eigenvalue weighted by Gasteiger charge is -2.32. The first-order valence-electron chi connectivity index (χ1n) is 6.37. The minimum absolute atomic E-state index is 0.00183. The third kappa shape index (κ3) is 5.27. The smallest absolute Gasteiger partial charge is 0.237 e. The van der Waals surface area contributed by atoms with E-state index in [4.69, 9.17) is 5.73 Å². The van der Waals surface area contributed by atoms with Gasteiger partial charge < -0.3 is 16.0 Å². The molecule has 1 amide bonds. The second kappa shape index (κ2) is 7.95. The molecule has 1 fully saturated rings. The van der Waals surface area contributed by atoms with Gasteiger partial charge in [-0.3, -0.25) is 4.79 Å². The van der Waals surface area contributed by atoms with Crippen LogP contribution in [-0.4, -0.2) is 55.0 Å². The van der Waals surface area contributed by atoms with Crippen molar-refractivity contribution in [1.29, 1.82) is 0 Å². The summed E-state index contributed by atoms with van der Waals surface area (Å²) in [4.78, 5) is 14.1. The predicted molar refractivity (Wildman–Crippen MR) is 74.3 cm³/mol. The van der Waals surface area contributed by atoms with Crippen LogP contribution < -0.4 is 11.1 Å². The maximum absolute atomic E-state index is 11.7. The van der Waals surface area contributed by atoms with E-state index < -0.39 is 0 Å². The van der Waals surface area contributed by atoms with E-state index in [-0.39, 0.29) is 11.9 Å². The lowest BCUT2D eigenvalue weighted by atomic mass is 10.0. The van der Waals surface area contributed by atoms with Gasteiger partial charge >= 0.3 is 0 Å². The summed E-state index contributed by atoms with van der Waals surface area (Å²) in [6.45, 7) is 1.88. The molecule has 1 unspecified atom stereocenters. The van der Waals surface area contributed by atoms with Crippen molar-refractivity contribution in [3.8, 4) is 0 Å². The molecule has 0 saturated carbocycles. The molecule has 2 atom stereocenters. The normalized spacial score (nSPS) is 23.4. The molecule has 1 aliphatic heterocycles. The summed E-state index contributed by atoms with van der Waals surface area (Å²) in [7, 11) is 2.13. The molecule has 0 bridgehead atoms. The van der Waals surface area contributed by atoms with Crippen LogP contribution in [0, 0.1) is 0 Å². The number of rotatable bonds is 6. The Morgan fingerprint density at radius 3 is 3.00 bits per heavy atom. The first kappa shape index (κ1) is 14.8. The van der Waals surface area contributed by atoms with Gasteiger partial charge in [-0.15, -0.1) is 0 Å². The second-order valence-corrected chi connectivity index (χ2v) is 5.75. The van der Waals surface area contributed by atoms with E-state index >= 15 is 0 Å². The molecule has 0 aromatic heterocycles. The van der Waals surface area contributed by atoms with E-state index in [2.05, 4.69) is 17.3 Å². The van der Waals surface area contributed by atoms with Gasteiger partial charge in [-0.05, 0) is 44.9 Å². The Morgan fingerprint density at radius 2 is 2.35 bits per heavy atom. The van der Waals surface area contributed by atoms with Gasteiger partial charge in [0.05, 0.1) is 6.04 Å². The molecule has 4 nitrogen and oxygen atoms in total. The van der Waals surface area contributed by atoms with Crippen LogP contribution in [0.5, 0.6) is 0 Å². The molecular formula is C12H25N3OS. The first-order chi connectivity index (χ1) is 8.15. The highest BCUT2D eigenvalue weighted by molar-refractivity contribution is 7.98. The Morgan fingerprint density at radius 1 is 1.59 bits per heavy atom. The van der Waals surface area contributed by atoms with Crippen molar-refractivity contribution in [1.82, 2.24) is 10.2 Å². The van der Waals surface area contributed by atoms with Crippen molar-refractivity contribution in [3.05, 3.63) is 0 Å². The third-order valence-corrected chi connectivity index (χ3v) is 4.05. The van der Waals surface area contributed by atoms with Crippen LogP contribution in [0.1, 0.15) is 25.7 Å². The second-order valence-electron chi connectivity index (χ2n) is 4.76. The van der Waals surface area contributed by atoms with Crippen molar-refractivity contribution in [2.24, 2.45) is 5.73 Å². The molecule has 3 N–H and O–H groups in total. The van der Waals surface area contributed by atoms with Crippen molar-refractivity contribution < 1.29 is 4.79 Å². The quantitative estimate of drug-likeness (QED) is 0.736. The van der Waals surface area contributed by atoms with Gasteiger partial charge in [-0.2, -0.15) is 11.8 Å². The van der Waals surface area contributed by atoms with Gasteiger partial charge in [0.25, 0.3) is 0 Å². The fourth-order valence-electron chi connectivity index (χ4n) is 2.13. The summed E-state index contributed by atoms with van der Waals surface area (Å²) in [6, 6.07) is 0.136. The van der Waals surface area contributed by atoms with Crippen LogP contribution in [-0.2, 0) is 4.79 Å². The number of amides is 1. The van der Waals surface area contributed by atoms with E-state index in [0.717, 1.165) is 25.3 Å². The molecule has 0 aliphatic carbocycles. The topological polar surface area (TPSA) is 58.4 Å². The third-order valence-electron chi connectivity index (χ3n) is 3.40. The number of piperidine rings is 1. The molecule has 1 saturated heterocycles. The SMILES string of the molecule is CSCC[C@H](N)C(=O)NCC1CCCCN1C. The van der Waals surface area contributed by atoms with E-state index in [1.807, 2.05) is 6.26 Å². The van der Waals surface area contributed by atoms with Crippen LogP contribution in [0.3, 0.4) is 0 Å². The summed E-state index contributed by atoms with van der Waals surface area (Å²) >= 11 is 1.73. The zero-order valence-electron chi connectivity index (χ0n) is 10.9. The van der Waals surface area contributed by atoms with Crippen molar-refractivity contribution in [2.75, 3.05) is 32.1 Å². The van der Waals surface area contributed by atoms with Gasteiger partial charge in [-0.1, -0.05) is 6.42 Å². The molecule has 17 heavy (non-hydrogen) atoms. The largest absolute Gasteiger partial charge is 0.353 e. The molecule has 100 valence electrons. The molecule has 0 aromatic rings. The lowest BCUT2D eigenvalue weighted by molar-refractivity contribution is -0.122. The Balaban J connectivity index is 2.22. The Bertz CT molecular complexity index is 238. The number of nitrogens with zero attached hydrogens (tertiary/aromatic N) is 1. The van der Waals surface area contributed by atoms with E-state index in [0.29, 0.717) is 6.04 Å². The molecule has 0 aromatic carbocycles. The number of nitrogens with one attached hydrogen (secondary N) is 1. The summed E-state index contributed by atoms with van der Waals surface area (Å²) in [6.07, 6.45) is 6.50. The van der Waals surface area contributed by atoms with Crippen LogP contribution >= 0.6 is 11.8 Å². The molecule has 0 radical (unpaired) electrons. The average Bonchev–Trinajstić information content (AvgIpc) is 2.34. The van der Waals surface area contributed by atoms with Crippen molar-refractivity contribution in [3.63, 3.8) is 0 Å².